The number of piperidine rings is 4. The minimum atomic E-state index is 0.596. The first-order valence-corrected chi connectivity index (χ1v) is 10.6. The molecule has 3 heteroatoms. The lowest BCUT2D eigenvalue weighted by Gasteiger charge is -2.70. The first-order valence-electron chi connectivity index (χ1n) is 10.6. The van der Waals surface area contributed by atoms with Crippen molar-refractivity contribution in [3.05, 3.63) is 0 Å². The minimum absolute atomic E-state index is 0.596. The van der Waals surface area contributed by atoms with Gasteiger partial charge in [0, 0.05) is 30.1 Å². The van der Waals surface area contributed by atoms with Crippen LogP contribution in [0, 0.1) is 17.3 Å². The van der Waals surface area contributed by atoms with E-state index in [9.17, 15) is 0 Å². The molecule has 1 aliphatic carbocycles. The van der Waals surface area contributed by atoms with Crippen molar-refractivity contribution in [2.75, 3.05) is 19.6 Å². The molecule has 1 saturated carbocycles. The fourth-order valence-electron chi connectivity index (χ4n) is 8.25. The van der Waals surface area contributed by atoms with Gasteiger partial charge in [-0.2, -0.15) is 0 Å². The third-order valence-electron chi connectivity index (χ3n) is 8.80. The van der Waals surface area contributed by atoms with Crippen molar-refractivity contribution in [2.24, 2.45) is 17.3 Å². The van der Waals surface area contributed by atoms with Crippen molar-refractivity contribution in [1.29, 1.82) is 0 Å². The van der Waals surface area contributed by atoms with Crippen molar-refractivity contribution < 1.29 is 0 Å². The predicted octanol–water partition coefficient (Wildman–Crippen LogP) is 2.81. The largest absolute Gasteiger partial charge is 0.299 e. The van der Waals surface area contributed by atoms with Crippen LogP contribution in [0.1, 0.15) is 64.2 Å². The van der Waals surface area contributed by atoms with E-state index in [4.69, 9.17) is 0 Å². The van der Waals surface area contributed by atoms with Crippen LogP contribution in [0.3, 0.4) is 0 Å². The van der Waals surface area contributed by atoms with Gasteiger partial charge in [-0.1, -0.05) is 6.42 Å². The van der Waals surface area contributed by atoms with E-state index in [2.05, 4.69) is 15.1 Å². The van der Waals surface area contributed by atoms with E-state index in [-0.39, 0.29) is 0 Å². The molecule has 128 valence electrons. The Hall–Kier alpha value is -0.120. The highest BCUT2D eigenvalue weighted by molar-refractivity contribution is 5.18. The highest BCUT2D eigenvalue weighted by Gasteiger charge is 2.63. The molecule has 0 aromatic carbocycles. The summed E-state index contributed by atoms with van der Waals surface area (Å²) in [7, 11) is 0. The molecule has 6 rings (SSSR count). The van der Waals surface area contributed by atoms with Crippen LogP contribution >= 0.6 is 0 Å². The predicted molar refractivity (Wildman–Crippen MR) is 92.1 cm³/mol. The molecule has 0 aromatic heterocycles. The van der Waals surface area contributed by atoms with Crippen molar-refractivity contribution in [2.45, 2.75) is 88.5 Å². The lowest BCUT2D eigenvalue weighted by molar-refractivity contribution is -0.198. The van der Waals surface area contributed by atoms with Gasteiger partial charge >= 0.3 is 0 Å². The molecule has 3 unspecified atom stereocenters. The van der Waals surface area contributed by atoms with E-state index in [1.807, 2.05) is 0 Å². The lowest BCUT2D eigenvalue weighted by atomic mass is 9.50. The summed E-state index contributed by atoms with van der Waals surface area (Å²) in [5.74, 6) is 2.04. The Morgan fingerprint density at radius 2 is 1.87 bits per heavy atom. The maximum absolute atomic E-state index is 4.15. The molecule has 23 heavy (non-hydrogen) atoms. The zero-order chi connectivity index (χ0) is 15.0. The van der Waals surface area contributed by atoms with Crippen LogP contribution in [0.2, 0.25) is 0 Å². The Balaban J connectivity index is 1.44. The number of nitrogens with zero attached hydrogens (tertiary/aromatic N) is 2. The first kappa shape index (κ1) is 14.1. The molecular formula is C20H33N3. The number of rotatable bonds is 0. The summed E-state index contributed by atoms with van der Waals surface area (Å²) in [6, 6.07) is 2.70. The Labute approximate surface area is 141 Å². The number of nitrogens with one attached hydrogen (secondary N) is 1. The normalized spacial score (nSPS) is 55.8. The van der Waals surface area contributed by atoms with Gasteiger partial charge in [-0.25, -0.2) is 0 Å². The summed E-state index contributed by atoms with van der Waals surface area (Å²) in [6.07, 6.45) is 15.6. The van der Waals surface area contributed by atoms with Gasteiger partial charge in [-0.3, -0.25) is 15.1 Å². The smallest absolute Gasteiger partial charge is 0.0602 e. The molecule has 5 heterocycles. The molecule has 5 saturated heterocycles. The zero-order valence-electron chi connectivity index (χ0n) is 14.6. The fourth-order valence-corrected chi connectivity index (χ4v) is 8.25. The van der Waals surface area contributed by atoms with Crippen LogP contribution in [0.4, 0.5) is 0 Å². The molecule has 0 amide bonds. The van der Waals surface area contributed by atoms with Crippen LogP contribution in [0.5, 0.6) is 0 Å². The van der Waals surface area contributed by atoms with Crippen LogP contribution in [-0.4, -0.2) is 53.7 Å². The van der Waals surface area contributed by atoms with Gasteiger partial charge in [-0.05, 0) is 82.7 Å². The number of hydrogen-bond acceptors (Lipinski definition) is 3. The van der Waals surface area contributed by atoms with E-state index in [0.29, 0.717) is 5.41 Å². The topological polar surface area (TPSA) is 18.5 Å². The monoisotopic (exact) mass is 315 g/mol. The highest BCUT2D eigenvalue weighted by atomic mass is 15.4. The van der Waals surface area contributed by atoms with Gasteiger partial charge in [0.15, 0.2) is 0 Å². The van der Waals surface area contributed by atoms with Crippen LogP contribution in [0.15, 0.2) is 0 Å². The van der Waals surface area contributed by atoms with Gasteiger partial charge in [-0.15, -0.1) is 0 Å². The zero-order valence-corrected chi connectivity index (χ0v) is 14.6. The standard InChI is InChI=1S/C20H33N3/c1-2-9-22-13-20-12-15(16(22)6-1)11-14-5-4-10-23(19(14)20)18-8-3-7-17(20)21-18/h14-19,21H,1-13H2/t14-,15?,16+,17?,18?,19+,20+/m0/s1. The van der Waals surface area contributed by atoms with Gasteiger partial charge in [0.05, 0.1) is 6.17 Å². The first-order chi connectivity index (χ1) is 11.4. The summed E-state index contributed by atoms with van der Waals surface area (Å²) in [4.78, 5) is 5.95. The molecule has 6 aliphatic rings. The fraction of sp³-hybridized carbons (Fsp3) is 1.00. The number of fused-ring (bicyclic) bond motifs is 6. The molecule has 3 nitrogen and oxygen atoms in total. The molecule has 5 aliphatic heterocycles. The minimum Gasteiger partial charge on any atom is -0.299 e. The number of hydrogen-bond donors (Lipinski definition) is 1. The Morgan fingerprint density at radius 1 is 0.870 bits per heavy atom. The average molecular weight is 316 g/mol. The SMILES string of the molecule is C1CC2NC(C1)[C@]13CC(C[C@@H]4CCCN2[C@H]41)[C@H]1CCCCN1C3. The molecular weight excluding hydrogens is 282 g/mol. The van der Waals surface area contributed by atoms with Crippen molar-refractivity contribution in [3.63, 3.8) is 0 Å². The molecule has 1 N–H and O–H groups in total. The van der Waals surface area contributed by atoms with Crippen molar-refractivity contribution in [3.8, 4) is 0 Å². The van der Waals surface area contributed by atoms with Crippen LogP contribution < -0.4 is 5.32 Å². The third kappa shape index (κ3) is 1.82. The third-order valence-corrected chi connectivity index (χ3v) is 8.80. The molecule has 6 fully saturated rings. The van der Waals surface area contributed by atoms with Crippen molar-refractivity contribution >= 4 is 0 Å². The van der Waals surface area contributed by atoms with Gasteiger partial charge in [0.2, 0.25) is 0 Å². The summed E-state index contributed by atoms with van der Waals surface area (Å²) in [5.41, 5.74) is 0.596. The molecule has 0 aromatic rings. The average Bonchev–Trinajstić information content (AvgIpc) is 2.60. The second-order valence-electron chi connectivity index (χ2n) is 9.72. The van der Waals surface area contributed by atoms with E-state index in [0.717, 1.165) is 36.1 Å². The molecule has 4 bridgehead atoms. The van der Waals surface area contributed by atoms with E-state index in [1.54, 1.807) is 12.8 Å². The summed E-state index contributed by atoms with van der Waals surface area (Å²) >= 11 is 0. The lowest BCUT2D eigenvalue weighted by Crippen LogP contribution is -2.80. The Bertz CT molecular complexity index is 493. The summed E-state index contributed by atoms with van der Waals surface area (Å²) < 4.78 is 0. The van der Waals surface area contributed by atoms with Gasteiger partial charge < -0.3 is 0 Å². The van der Waals surface area contributed by atoms with Gasteiger partial charge in [0.25, 0.3) is 0 Å². The maximum atomic E-state index is 4.15. The van der Waals surface area contributed by atoms with Crippen molar-refractivity contribution in [1.82, 2.24) is 15.1 Å². The molecule has 7 atom stereocenters. The summed E-state index contributed by atoms with van der Waals surface area (Å²) in [6.45, 7) is 4.20. The molecule has 0 radical (unpaired) electrons. The van der Waals surface area contributed by atoms with Crippen LogP contribution in [-0.2, 0) is 0 Å². The summed E-state index contributed by atoms with van der Waals surface area (Å²) in [5, 5.41) is 4.15. The van der Waals surface area contributed by atoms with E-state index in [1.165, 1.54) is 71.0 Å². The quantitative estimate of drug-likeness (QED) is 0.741. The van der Waals surface area contributed by atoms with E-state index >= 15 is 0 Å². The van der Waals surface area contributed by atoms with Gasteiger partial charge in [0.1, 0.15) is 0 Å². The Morgan fingerprint density at radius 3 is 2.87 bits per heavy atom. The Kier molecular flexibility index (Phi) is 3.04. The van der Waals surface area contributed by atoms with Crippen LogP contribution in [0.25, 0.3) is 0 Å². The molecule has 1 spiro atoms. The second-order valence-corrected chi connectivity index (χ2v) is 9.72. The highest BCUT2D eigenvalue weighted by Crippen LogP contribution is 2.59. The second kappa shape index (κ2) is 4.95. The maximum Gasteiger partial charge on any atom is 0.0602 e. The van der Waals surface area contributed by atoms with E-state index < -0.39 is 0 Å².